The standard InChI is InChI=1S/C19H21ClN2O3/c1-3-4-9-18(23)21-13-10-11-16(17(12-13)25-2)22-19(24)14-7-5-6-8-15(14)20/h5-8,10-12H,3-4,9H2,1-2H3,(H,21,23)(H,22,24). The average Bonchev–Trinajstić information content (AvgIpc) is 2.61. The van der Waals surface area contributed by atoms with Gasteiger partial charge in [0.2, 0.25) is 5.91 Å². The lowest BCUT2D eigenvalue weighted by molar-refractivity contribution is -0.116. The van der Waals surface area contributed by atoms with Gasteiger partial charge in [-0.25, -0.2) is 0 Å². The zero-order valence-corrected chi connectivity index (χ0v) is 15.0. The number of carbonyl (C=O) groups is 2. The summed E-state index contributed by atoms with van der Waals surface area (Å²) >= 11 is 6.04. The van der Waals surface area contributed by atoms with Gasteiger partial charge in [-0.05, 0) is 30.7 Å². The number of ether oxygens (including phenoxy) is 1. The lowest BCUT2D eigenvalue weighted by Gasteiger charge is -2.13. The predicted molar refractivity (Wildman–Crippen MR) is 101 cm³/mol. The van der Waals surface area contributed by atoms with Crippen molar-refractivity contribution < 1.29 is 14.3 Å². The Morgan fingerprint density at radius 2 is 1.88 bits per heavy atom. The van der Waals surface area contributed by atoms with Gasteiger partial charge in [-0.1, -0.05) is 37.1 Å². The van der Waals surface area contributed by atoms with E-state index in [4.69, 9.17) is 16.3 Å². The Balaban J connectivity index is 2.12. The van der Waals surface area contributed by atoms with E-state index in [1.807, 2.05) is 6.92 Å². The number of hydrogen-bond donors (Lipinski definition) is 2. The molecule has 2 amide bonds. The molecule has 0 spiro atoms. The highest BCUT2D eigenvalue weighted by Gasteiger charge is 2.13. The van der Waals surface area contributed by atoms with Crippen LogP contribution in [0.15, 0.2) is 42.5 Å². The molecule has 2 rings (SSSR count). The number of carbonyl (C=O) groups excluding carboxylic acids is 2. The molecule has 6 heteroatoms. The van der Waals surface area contributed by atoms with Crippen LogP contribution in [0.25, 0.3) is 0 Å². The molecule has 0 bridgehead atoms. The fourth-order valence-corrected chi connectivity index (χ4v) is 2.49. The Morgan fingerprint density at radius 3 is 2.56 bits per heavy atom. The molecule has 2 N–H and O–H groups in total. The van der Waals surface area contributed by atoms with E-state index in [9.17, 15) is 9.59 Å². The van der Waals surface area contributed by atoms with E-state index in [1.54, 1.807) is 42.5 Å². The van der Waals surface area contributed by atoms with Crippen LogP contribution in [-0.4, -0.2) is 18.9 Å². The van der Waals surface area contributed by atoms with Crippen molar-refractivity contribution in [2.24, 2.45) is 0 Å². The van der Waals surface area contributed by atoms with E-state index in [0.717, 1.165) is 12.8 Å². The van der Waals surface area contributed by atoms with Gasteiger partial charge in [0, 0.05) is 18.2 Å². The summed E-state index contributed by atoms with van der Waals surface area (Å²) in [5, 5.41) is 5.97. The van der Waals surface area contributed by atoms with Crippen LogP contribution in [-0.2, 0) is 4.79 Å². The SMILES string of the molecule is CCCCC(=O)Nc1ccc(NC(=O)c2ccccc2Cl)c(OC)c1. The molecular weight excluding hydrogens is 340 g/mol. The van der Waals surface area contributed by atoms with Crippen LogP contribution in [0.2, 0.25) is 5.02 Å². The number of nitrogens with one attached hydrogen (secondary N) is 2. The first-order valence-corrected chi connectivity index (χ1v) is 8.46. The normalized spacial score (nSPS) is 10.2. The minimum Gasteiger partial charge on any atom is -0.494 e. The minimum absolute atomic E-state index is 0.0447. The Hall–Kier alpha value is -2.53. The summed E-state index contributed by atoms with van der Waals surface area (Å²) in [4.78, 5) is 24.2. The highest BCUT2D eigenvalue weighted by atomic mass is 35.5. The number of benzene rings is 2. The summed E-state index contributed by atoms with van der Waals surface area (Å²) in [5.41, 5.74) is 1.50. The maximum Gasteiger partial charge on any atom is 0.257 e. The largest absolute Gasteiger partial charge is 0.494 e. The number of anilines is 2. The quantitative estimate of drug-likeness (QED) is 0.750. The molecule has 0 fully saturated rings. The van der Waals surface area contributed by atoms with E-state index in [1.165, 1.54) is 7.11 Å². The molecule has 0 aliphatic rings. The van der Waals surface area contributed by atoms with Gasteiger partial charge in [-0.15, -0.1) is 0 Å². The molecule has 0 atom stereocenters. The van der Waals surface area contributed by atoms with Gasteiger partial charge in [-0.2, -0.15) is 0 Å². The Morgan fingerprint density at radius 1 is 1.12 bits per heavy atom. The molecule has 0 unspecified atom stereocenters. The Labute approximate surface area is 152 Å². The van der Waals surface area contributed by atoms with Crippen LogP contribution in [0.1, 0.15) is 36.5 Å². The summed E-state index contributed by atoms with van der Waals surface area (Å²) in [6.07, 6.45) is 2.28. The Bertz CT molecular complexity index is 762. The van der Waals surface area contributed by atoms with Crippen LogP contribution in [0.4, 0.5) is 11.4 Å². The summed E-state index contributed by atoms with van der Waals surface area (Å²) in [6, 6.07) is 11.9. The van der Waals surface area contributed by atoms with Gasteiger partial charge in [0.1, 0.15) is 5.75 Å². The van der Waals surface area contributed by atoms with Gasteiger partial charge in [0.25, 0.3) is 5.91 Å². The molecule has 2 aromatic carbocycles. The monoisotopic (exact) mass is 360 g/mol. The molecule has 25 heavy (non-hydrogen) atoms. The molecule has 0 heterocycles. The lowest BCUT2D eigenvalue weighted by atomic mass is 10.2. The number of unbranched alkanes of at least 4 members (excludes halogenated alkanes) is 1. The van der Waals surface area contributed by atoms with Gasteiger partial charge < -0.3 is 15.4 Å². The van der Waals surface area contributed by atoms with Crippen molar-refractivity contribution in [2.75, 3.05) is 17.7 Å². The summed E-state index contributed by atoms with van der Waals surface area (Å²) < 4.78 is 5.32. The second-order valence-electron chi connectivity index (χ2n) is 5.50. The first kappa shape index (κ1) is 18.8. The number of halogens is 1. The van der Waals surface area contributed by atoms with Crippen LogP contribution in [0.5, 0.6) is 5.75 Å². The molecule has 0 aliphatic heterocycles. The summed E-state index contributed by atoms with van der Waals surface area (Å²) in [5.74, 6) is 0.0779. The Kier molecular flexibility index (Phi) is 6.83. The average molecular weight is 361 g/mol. The van der Waals surface area contributed by atoms with Crippen LogP contribution < -0.4 is 15.4 Å². The van der Waals surface area contributed by atoms with Crippen molar-refractivity contribution in [3.63, 3.8) is 0 Å². The first-order chi connectivity index (χ1) is 12.0. The van der Waals surface area contributed by atoms with Crippen molar-refractivity contribution >= 4 is 34.8 Å². The third-order valence-corrected chi connectivity index (χ3v) is 3.94. The molecular formula is C19H21ClN2O3. The molecule has 0 saturated carbocycles. The molecule has 132 valence electrons. The smallest absolute Gasteiger partial charge is 0.257 e. The molecule has 0 aliphatic carbocycles. The van der Waals surface area contributed by atoms with E-state index in [0.29, 0.717) is 34.1 Å². The molecule has 5 nitrogen and oxygen atoms in total. The first-order valence-electron chi connectivity index (χ1n) is 8.09. The zero-order chi connectivity index (χ0) is 18.2. The molecule has 0 radical (unpaired) electrons. The third-order valence-electron chi connectivity index (χ3n) is 3.61. The number of hydrogen-bond acceptors (Lipinski definition) is 3. The van der Waals surface area contributed by atoms with E-state index < -0.39 is 0 Å². The van der Waals surface area contributed by atoms with Crippen LogP contribution in [0.3, 0.4) is 0 Å². The molecule has 2 aromatic rings. The van der Waals surface area contributed by atoms with Gasteiger partial charge in [0.05, 0.1) is 23.4 Å². The van der Waals surface area contributed by atoms with Gasteiger partial charge in [-0.3, -0.25) is 9.59 Å². The fourth-order valence-electron chi connectivity index (χ4n) is 2.27. The van der Waals surface area contributed by atoms with E-state index in [-0.39, 0.29) is 11.8 Å². The van der Waals surface area contributed by atoms with Gasteiger partial charge >= 0.3 is 0 Å². The molecule has 0 aromatic heterocycles. The predicted octanol–water partition coefficient (Wildman–Crippen LogP) is 4.73. The number of rotatable bonds is 7. The maximum absolute atomic E-state index is 12.4. The second kappa shape index (κ2) is 9.08. The highest BCUT2D eigenvalue weighted by Crippen LogP contribution is 2.29. The van der Waals surface area contributed by atoms with Crippen LogP contribution in [0, 0.1) is 0 Å². The van der Waals surface area contributed by atoms with Crippen molar-refractivity contribution in [3.8, 4) is 5.75 Å². The topological polar surface area (TPSA) is 67.4 Å². The second-order valence-corrected chi connectivity index (χ2v) is 5.91. The highest BCUT2D eigenvalue weighted by molar-refractivity contribution is 6.34. The van der Waals surface area contributed by atoms with Gasteiger partial charge in [0.15, 0.2) is 0 Å². The van der Waals surface area contributed by atoms with Crippen molar-refractivity contribution in [3.05, 3.63) is 53.1 Å². The van der Waals surface area contributed by atoms with Crippen molar-refractivity contribution in [1.29, 1.82) is 0 Å². The van der Waals surface area contributed by atoms with Crippen LogP contribution >= 0.6 is 11.6 Å². The lowest BCUT2D eigenvalue weighted by Crippen LogP contribution is -2.14. The van der Waals surface area contributed by atoms with E-state index in [2.05, 4.69) is 10.6 Å². The summed E-state index contributed by atoms with van der Waals surface area (Å²) in [7, 11) is 1.50. The number of amides is 2. The van der Waals surface area contributed by atoms with Crippen molar-refractivity contribution in [1.82, 2.24) is 0 Å². The zero-order valence-electron chi connectivity index (χ0n) is 14.3. The minimum atomic E-state index is -0.330. The van der Waals surface area contributed by atoms with Crippen molar-refractivity contribution in [2.45, 2.75) is 26.2 Å². The molecule has 0 saturated heterocycles. The summed E-state index contributed by atoms with van der Waals surface area (Å²) in [6.45, 7) is 2.03. The third kappa shape index (κ3) is 5.22. The number of methoxy groups -OCH3 is 1. The maximum atomic E-state index is 12.4. The van der Waals surface area contributed by atoms with E-state index >= 15 is 0 Å². The fraction of sp³-hybridized carbons (Fsp3) is 0.263.